The standard InChI is InChI=1S/C36H40N2O4/c1-36(2,3)27-15-18-28(19-16-27)42-29-17-14-26-21-33(37-32(30(26)22-29)20-24-10-8-9-11-24)35(40)38-31(23-34(39)41-4)25-12-6-5-7-13-25/h5-7,12-19,21-22,24,31H,8-11,20,23H2,1-4H3,(H,38,40). The van der Waals surface area contributed by atoms with Gasteiger partial charge in [0.25, 0.3) is 5.91 Å². The molecule has 1 aliphatic rings. The number of hydrogen-bond acceptors (Lipinski definition) is 5. The molecular weight excluding hydrogens is 524 g/mol. The number of amides is 1. The second kappa shape index (κ2) is 12.8. The molecule has 1 heterocycles. The van der Waals surface area contributed by atoms with E-state index in [4.69, 9.17) is 14.5 Å². The Kier molecular flexibility index (Phi) is 8.91. The van der Waals surface area contributed by atoms with Crippen molar-refractivity contribution in [3.8, 4) is 11.5 Å². The van der Waals surface area contributed by atoms with Gasteiger partial charge >= 0.3 is 5.97 Å². The quantitative estimate of drug-likeness (QED) is 0.208. The van der Waals surface area contributed by atoms with Gasteiger partial charge in [0.1, 0.15) is 17.2 Å². The highest BCUT2D eigenvalue weighted by Gasteiger charge is 2.23. The minimum absolute atomic E-state index is 0.0339. The predicted octanol–water partition coefficient (Wildman–Crippen LogP) is 8.09. The molecule has 1 aromatic heterocycles. The first-order chi connectivity index (χ1) is 20.2. The summed E-state index contributed by atoms with van der Waals surface area (Å²) in [4.78, 5) is 30.7. The van der Waals surface area contributed by atoms with E-state index in [0.717, 1.165) is 39.9 Å². The third-order valence-electron chi connectivity index (χ3n) is 8.13. The van der Waals surface area contributed by atoms with Crippen LogP contribution in [0.2, 0.25) is 0 Å². The Morgan fingerprint density at radius 2 is 1.62 bits per heavy atom. The number of benzene rings is 3. The Bertz CT molecular complexity index is 1530. The van der Waals surface area contributed by atoms with Crippen molar-refractivity contribution >= 4 is 22.6 Å². The van der Waals surface area contributed by atoms with E-state index in [-0.39, 0.29) is 17.7 Å². The molecule has 42 heavy (non-hydrogen) atoms. The number of pyridine rings is 1. The van der Waals surface area contributed by atoms with Crippen molar-refractivity contribution < 1.29 is 19.1 Å². The van der Waals surface area contributed by atoms with E-state index >= 15 is 0 Å². The maximum Gasteiger partial charge on any atom is 0.307 e. The normalized spacial score (nSPS) is 14.5. The summed E-state index contributed by atoms with van der Waals surface area (Å²) < 4.78 is 11.2. The van der Waals surface area contributed by atoms with Gasteiger partial charge in [0.2, 0.25) is 0 Å². The first-order valence-electron chi connectivity index (χ1n) is 14.8. The van der Waals surface area contributed by atoms with Crippen LogP contribution in [0.25, 0.3) is 10.8 Å². The molecule has 218 valence electrons. The van der Waals surface area contributed by atoms with Crippen molar-refractivity contribution in [3.63, 3.8) is 0 Å². The highest BCUT2D eigenvalue weighted by molar-refractivity contribution is 5.98. The number of carbonyl (C=O) groups excluding carboxylic acids is 2. The van der Waals surface area contributed by atoms with Crippen LogP contribution in [-0.4, -0.2) is 24.0 Å². The summed E-state index contributed by atoms with van der Waals surface area (Å²) in [7, 11) is 1.35. The summed E-state index contributed by atoms with van der Waals surface area (Å²) >= 11 is 0. The number of hydrogen-bond donors (Lipinski definition) is 1. The third kappa shape index (κ3) is 7.17. The summed E-state index contributed by atoms with van der Waals surface area (Å²) in [5.74, 6) is 1.35. The summed E-state index contributed by atoms with van der Waals surface area (Å²) in [5.41, 5.74) is 3.41. The zero-order chi connectivity index (χ0) is 29.7. The zero-order valence-corrected chi connectivity index (χ0v) is 25.0. The first-order valence-corrected chi connectivity index (χ1v) is 14.8. The molecule has 0 spiro atoms. The van der Waals surface area contributed by atoms with Crippen molar-refractivity contribution in [1.82, 2.24) is 10.3 Å². The van der Waals surface area contributed by atoms with Crippen LogP contribution in [0.5, 0.6) is 11.5 Å². The molecule has 1 amide bonds. The molecular formula is C36H40N2O4. The molecule has 3 aromatic carbocycles. The number of ether oxygens (including phenoxy) is 2. The van der Waals surface area contributed by atoms with Crippen LogP contribution >= 0.6 is 0 Å². The van der Waals surface area contributed by atoms with Gasteiger partial charge in [-0.05, 0) is 64.6 Å². The van der Waals surface area contributed by atoms with Crippen molar-refractivity contribution in [3.05, 3.63) is 101 Å². The van der Waals surface area contributed by atoms with Gasteiger partial charge in [-0.25, -0.2) is 4.98 Å². The minimum Gasteiger partial charge on any atom is -0.469 e. The number of fused-ring (bicyclic) bond motifs is 1. The van der Waals surface area contributed by atoms with Crippen molar-refractivity contribution in [1.29, 1.82) is 0 Å². The lowest BCUT2D eigenvalue weighted by atomic mass is 9.87. The lowest BCUT2D eigenvalue weighted by Gasteiger charge is -2.19. The van der Waals surface area contributed by atoms with Gasteiger partial charge in [0.05, 0.1) is 19.6 Å². The van der Waals surface area contributed by atoms with Crippen LogP contribution < -0.4 is 10.1 Å². The number of aromatic nitrogens is 1. The molecule has 1 atom stereocenters. The van der Waals surface area contributed by atoms with Crippen LogP contribution in [0.1, 0.15) is 86.2 Å². The Morgan fingerprint density at radius 1 is 0.929 bits per heavy atom. The SMILES string of the molecule is COC(=O)CC(NC(=O)c1cc2ccc(Oc3ccc(C(C)(C)C)cc3)cc2c(CC2CCCC2)n1)c1ccccc1. The molecule has 5 rings (SSSR count). The molecule has 1 unspecified atom stereocenters. The molecule has 1 N–H and O–H groups in total. The van der Waals surface area contributed by atoms with E-state index in [9.17, 15) is 9.59 Å². The third-order valence-corrected chi connectivity index (χ3v) is 8.13. The largest absolute Gasteiger partial charge is 0.469 e. The van der Waals surface area contributed by atoms with E-state index < -0.39 is 12.0 Å². The van der Waals surface area contributed by atoms with Gasteiger partial charge in [-0.1, -0.05) is 95.0 Å². The fourth-order valence-corrected chi connectivity index (χ4v) is 5.70. The molecule has 6 nitrogen and oxygen atoms in total. The van der Waals surface area contributed by atoms with E-state index in [2.05, 4.69) is 38.2 Å². The van der Waals surface area contributed by atoms with Crippen LogP contribution in [0, 0.1) is 5.92 Å². The van der Waals surface area contributed by atoms with Crippen LogP contribution in [0.3, 0.4) is 0 Å². The monoisotopic (exact) mass is 564 g/mol. The van der Waals surface area contributed by atoms with E-state index in [1.165, 1.54) is 38.4 Å². The summed E-state index contributed by atoms with van der Waals surface area (Å²) in [5, 5.41) is 4.96. The van der Waals surface area contributed by atoms with Crippen LogP contribution in [0.15, 0.2) is 78.9 Å². The molecule has 1 saturated carbocycles. The van der Waals surface area contributed by atoms with Gasteiger partial charge in [0, 0.05) is 11.1 Å². The fourth-order valence-electron chi connectivity index (χ4n) is 5.70. The smallest absolute Gasteiger partial charge is 0.307 e. The van der Waals surface area contributed by atoms with E-state index in [1.54, 1.807) is 0 Å². The minimum atomic E-state index is -0.526. The molecule has 6 heteroatoms. The Hall–Kier alpha value is -4.19. The molecule has 0 saturated heterocycles. The van der Waals surface area contributed by atoms with Gasteiger partial charge in [-0.15, -0.1) is 0 Å². The number of esters is 1. The summed E-state index contributed by atoms with van der Waals surface area (Å²) in [6.45, 7) is 6.58. The maximum absolute atomic E-state index is 13.6. The van der Waals surface area contributed by atoms with Crippen LogP contribution in [0.4, 0.5) is 0 Å². The first kappa shape index (κ1) is 29.3. The average Bonchev–Trinajstić information content (AvgIpc) is 3.50. The lowest BCUT2D eigenvalue weighted by molar-refractivity contribution is -0.141. The molecule has 1 fully saturated rings. The highest BCUT2D eigenvalue weighted by atomic mass is 16.5. The van der Waals surface area contributed by atoms with E-state index in [1.807, 2.05) is 66.7 Å². The predicted molar refractivity (Wildman–Crippen MR) is 166 cm³/mol. The number of nitrogens with zero attached hydrogens (tertiary/aromatic N) is 1. The van der Waals surface area contributed by atoms with Crippen molar-refractivity contribution in [2.75, 3.05) is 7.11 Å². The number of methoxy groups -OCH3 is 1. The highest BCUT2D eigenvalue weighted by Crippen LogP contribution is 2.33. The van der Waals surface area contributed by atoms with Gasteiger partial charge in [0.15, 0.2) is 0 Å². The fraction of sp³-hybridized carbons (Fsp3) is 0.361. The van der Waals surface area contributed by atoms with Crippen molar-refractivity contribution in [2.24, 2.45) is 5.92 Å². The average molecular weight is 565 g/mol. The number of nitrogens with one attached hydrogen (secondary N) is 1. The second-order valence-electron chi connectivity index (χ2n) is 12.3. The summed E-state index contributed by atoms with van der Waals surface area (Å²) in [6, 6.07) is 25.0. The summed E-state index contributed by atoms with van der Waals surface area (Å²) in [6.07, 6.45) is 5.65. The second-order valence-corrected chi connectivity index (χ2v) is 12.3. The van der Waals surface area contributed by atoms with Gasteiger partial charge in [-0.2, -0.15) is 0 Å². The Balaban J connectivity index is 1.45. The molecule has 0 radical (unpaired) electrons. The Morgan fingerprint density at radius 3 is 2.29 bits per heavy atom. The van der Waals surface area contributed by atoms with Gasteiger partial charge < -0.3 is 14.8 Å². The number of carbonyl (C=O) groups is 2. The number of rotatable bonds is 9. The lowest BCUT2D eigenvalue weighted by Crippen LogP contribution is -2.31. The topological polar surface area (TPSA) is 77.5 Å². The Labute approximate surface area is 248 Å². The molecule has 0 bridgehead atoms. The van der Waals surface area contributed by atoms with Gasteiger partial charge in [-0.3, -0.25) is 9.59 Å². The van der Waals surface area contributed by atoms with E-state index in [0.29, 0.717) is 11.6 Å². The van der Waals surface area contributed by atoms with Crippen LogP contribution in [-0.2, 0) is 21.4 Å². The molecule has 4 aromatic rings. The maximum atomic E-state index is 13.6. The van der Waals surface area contributed by atoms with Crippen molar-refractivity contribution in [2.45, 2.75) is 70.8 Å². The zero-order valence-electron chi connectivity index (χ0n) is 25.0. The molecule has 1 aliphatic carbocycles. The molecule has 0 aliphatic heterocycles.